The van der Waals surface area contributed by atoms with Gasteiger partial charge in [0.2, 0.25) is 11.0 Å². The Balaban J connectivity index is 1.62. The van der Waals surface area contributed by atoms with Crippen molar-refractivity contribution < 1.29 is 9.53 Å². The highest BCUT2D eigenvalue weighted by atomic mass is 32.2. The van der Waals surface area contributed by atoms with Gasteiger partial charge in [0.25, 0.3) is 0 Å². The number of aryl methyl sites for hydroxylation is 1. The highest BCUT2D eigenvalue weighted by Crippen LogP contribution is 2.23. The number of thioether (sulfide) groups is 1. The molecule has 0 atom stereocenters. The van der Waals surface area contributed by atoms with E-state index in [0.29, 0.717) is 10.3 Å². The summed E-state index contributed by atoms with van der Waals surface area (Å²) in [6, 6.07) is 5.59. The number of methoxy groups -OCH3 is 1. The fourth-order valence-corrected chi connectivity index (χ4v) is 3.09. The van der Waals surface area contributed by atoms with Crippen molar-refractivity contribution in [1.82, 2.24) is 20.2 Å². The van der Waals surface area contributed by atoms with Crippen LogP contribution in [0.3, 0.4) is 0 Å². The van der Waals surface area contributed by atoms with E-state index < -0.39 is 0 Å². The summed E-state index contributed by atoms with van der Waals surface area (Å²) in [6.07, 6.45) is 0. The van der Waals surface area contributed by atoms with Gasteiger partial charge in [0.05, 0.1) is 23.9 Å². The third-order valence-electron chi connectivity index (χ3n) is 2.78. The summed E-state index contributed by atoms with van der Waals surface area (Å²) in [5.74, 6) is 0.867. The van der Waals surface area contributed by atoms with Crippen molar-refractivity contribution in [2.45, 2.75) is 12.1 Å². The van der Waals surface area contributed by atoms with Gasteiger partial charge >= 0.3 is 0 Å². The summed E-state index contributed by atoms with van der Waals surface area (Å²) in [7, 11) is 1.62. The van der Waals surface area contributed by atoms with Gasteiger partial charge in [-0.15, -0.1) is 10.2 Å². The van der Waals surface area contributed by atoms with Crippen LogP contribution in [0.25, 0.3) is 11.0 Å². The summed E-state index contributed by atoms with van der Waals surface area (Å²) in [4.78, 5) is 19.4. The fraction of sp³-hybridized carbons (Fsp3) is 0.231. The average molecular weight is 335 g/mol. The molecule has 0 bridgehead atoms. The molecule has 0 unspecified atom stereocenters. The number of rotatable bonds is 5. The average Bonchev–Trinajstić information content (AvgIpc) is 3.10. The van der Waals surface area contributed by atoms with E-state index in [0.717, 1.165) is 21.8 Å². The van der Waals surface area contributed by atoms with Crippen LogP contribution >= 0.6 is 23.1 Å². The second-order valence-corrected chi connectivity index (χ2v) is 6.53. The molecule has 0 aliphatic heterocycles. The van der Waals surface area contributed by atoms with Gasteiger partial charge in [0, 0.05) is 6.07 Å². The van der Waals surface area contributed by atoms with Gasteiger partial charge in [-0.05, 0) is 19.1 Å². The third kappa shape index (κ3) is 3.37. The zero-order valence-electron chi connectivity index (χ0n) is 11.9. The van der Waals surface area contributed by atoms with E-state index in [9.17, 15) is 4.79 Å². The SMILES string of the molecule is COc1ccc2nc(SCC(=O)Nc3nnc(C)s3)[nH]c2c1. The van der Waals surface area contributed by atoms with Gasteiger partial charge in [-0.1, -0.05) is 23.1 Å². The minimum Gasteiger partial charge on any atom is -0.497 e. The number of hydrogen-bond donors (Lipinski definition) is 2. The molecule has 0 aliphatic carbocycles. The van der Waals surface area contributed by atoms with Crippen LogP contribution in [-0.2, 0) is 4.79 Å². The Morgan fingerprint density at radius 1 is 1.45 bits per heavy atom. The van der Waals surface area contributed by atoms with Crippen molar-refractivity contribution in [2.24, 2.45) is 0 Å². The van der Waals surface area contributed by atoms with Crippen LogP contribution in [-0.4, -0.2) is 38.9 Å². The van der Waals surface area contributed by atoms with Crippen LogP contribution in [0, 0.1) is 6.92 Å². The Bertz CT molecular complexity index is 814. The molecule has 2 aromatic heterocycles. The summed E-state index contributed by atoms with van der Waals surface area (Å²) < 4.78 is 5.17. The molecule has 7 nitrogen and oxygen atoms in total. The smallest absolute Gasteiger partial charge is 0.236 e. The van der Waals surface area contributed by atoms with Gasteiger partial charge < -0.3 is 9.72 Å². The number of ether oxygens (including phenoxy) is 1. The molecule has 22 heavy (non-hydrogen) atoms. The minimum absolute atomic E-state index is 0.140. The molecular weight excluding hydrogens is 322 g/mol. The number of nitrogens with zero attached hydrogens (tertiary/aromatic N) is 3. The normalized spacial score (nSPS) is 10.8. The topological polar surface area (TPSA) is 92.8 Å². The maximum absolute atomic E-state index is 11.9. The number of anilines is 1. The lowest BCUT2D eigenvalue weighted by atomic mass is 10.3. The second-order valence-electron chi connectivity index (χ2n) is 4.39. The molecule has 0 radical (unpaired) electrons. The van der Waals surface area contributed by atoms with E-state index >= 15 is 0 Å². The first-order chi connectivity index (χ1) is 10.6. The molecule has 1 amide bonds. The van der Waals surface area contributed by atoms with E-state index in [4.69, 9.17) is 4.74 Å². The van der Waals surface area contributed by atoms with Crippen LogP contribution in [0.15, 0.2) is 23.4 Å². The van der Waals surface area contributed by atoms with Crippen molar-refractivity contribution in [1.29, 1.82) is 0 Å². The molecule has 2 N–H and O–H groups in total. The first kappa shape index (κ1) is 14.8. The van der Waals surface area contributed by atoms with Crippen molar-refractivity contribution in [3.8, 4) is 5.75 Å². The van der Waals surface area contributed by atoms with Gasteiger partial charge in [0.15, 0.2) is 5.16 Å². The fourth-order valence-electron chi connectivity index (χ4n) is 1.80. The monoisotopic (exact) mass is 335 g/mol. The first-order valence-corrected chi connectivity index (χ1v) is 8.21. The number of amides is 1. The van der Waals surface area contributed by atoms with E-state index in [1.807, 2.05) is 25.1 Å². The molecular formula is C13H13N5O2S2. The number of hydrogen-bond acceptors (Lipinski definition) is 7. The largest absolute Gasteiger partial charge is 0.497 e. The zero-order valence-corrected chi connectivity index (χ0v) is 13.5. The van der Waals surface area contributed by atoms with E-state index in [1.165, 1.54) is 23.1 Å². The molecule has 0 saturated carbocycles. The minimum atomic E-state index is -0.140. The number of aromatic nitrogens is 4. The first-order valence-electron chi connectivity index (χ1n) is 6.40. The number of H-pyrrole nitrogens is 1. The molecule has 3 aromatic rings. The van der Waals surface area contributed by atoms with Gasteiger partial charge in [-0.25, -0.2) is 4.98 Å². The van der Waals surface area contributed by atoms with E-state index in [-0.39, 0.29) is 11.7 Å². The van der Waals surface area contributed by atoms with Crippen molar-refractivity contribution in [2.75, 3.05) is 18.2 Å². The predicted molar refractivity (Wildman–Crippen MR) is 86.6 cm³/mol. The standard InChI is InChI=1S/C13H13N5O2S2/c1-7-17-18-13(22-7)16-11(19)6-21-12-14-9-4-3-8(20-2)5-10(9)15-12/h3-5H,6H2,1-2H3,(H,14,15)(H,16,18,19). The Morgan fingerprint density at radius 2 is 2.32 bits per heavy atom. The molecule has 1 aromatic carbocycles. The van der Waals surface area contributed by atoms with Gasteiger partial charge in [-0.2, -0.15) is 0 Å². The predicted octanol–water partition coefficient (Wildman–Crippen LogP) is 2.46. The maximum atomic E-state index is 11.9. The molecule has 2 heterocycles. The van der Waals surface area contributed by atoms with Crippen LogP contribution < -0.4 is 10.1 Å². The van der Waals surface area contributed by atoms with Crippen LogP contribution in [0.5, 0.6) is 5.75 Å². The Kier molecular flexibility index (Phi) is 4.25. The molecule has 0 fully saturated rings. The number of fused-ring (bicyclic) bond motifs is 1. The van der Waals surface area contributed by atoms with E-state index in [2.05, 4.69) is 25.5 Å². The molecule has 114 valence electrons. The molecule has 0 spiro atoms. The van der Waals surface area contributed by atoms with Crippen LogP contribution in [0.2, 0.25) is 0 Å². The van der Waals surface area contributed by atoms with Crippen LogP contribution in [0.4, 0.5) is 5.13 Å². The lowest BCUT2D eigenvalue weighted by molar-refractivity contribution is -0.113. The summed E-state index contributed by atoms with van der Waals surface area (Å²) in [5.41, 5.74) is 1.71. The lowest BCUT2D eigenvalue weighted by Crippen LogP contribution is -2.13. The van der Waals surface area contributed by atoms with E-state index in [1.54, 1.807) is 7.11 Å². The zero-order chi connectivity index (χ0) is 15.5. The van der Waals surface area contributed by atoms with Crippen LogP contribution in [0.1, 0.15) is 5.01 Å². The third-order valence-corrected chi connectivity index (χ3v) is 4.41. The molecule has 0 saturated heterocycles. The number of benzene rings is 1. The molecule has 3 rings (SSSR count). The number of carbonyl (C=O) groups is 1. The van der Waals surface area contributed by atoms with Gasteiger partial charge in [0.1, 0.15) is 10.8 Å². The summed E-state index contributed by atoms with van der Waals surface area (Å²) in [5, 5.41) is 12.4. The highest BCUT2D eigenvalue weighted by molar-refractivity contribution is 7.99. The number of aromatic amines is 1. The highest BCUT2D eigenvalue weighted by Gasteiger charge is 2.10. The summed E-state index contributed by atoms with van der Waals surface area (Å²) >= 11 is 2.68. The van der Waals surface area contributed by atoms with Crippen molar-refractivity contribution in [3.05, 3.63) is 23.2 Å². The summed E-state index contributed by atoms with van der Waals surface area (Å²) in [6.45, 7) is 1.84. The number of carbonyl (C=O) groups excluding carboxylic acids is 1. The lowest BCUT2D eigenvalue weighted by Gasteiger charge is -1.98. The number of nitrogens with one attached hydrogen (secondary N) is 2. The maximum Gasteiger partial charge on any atom is 0.236 e. The van der Waals surface area contributed by atoms with Gasteiger partial charge in [-0.3, -0.25) is 10.1 Å². The van der Waals surface area contributed by atoms with Crippen molar-refractivity contribution in [3.63, 3.8) is 0 Å². The molecule has 9 heteroatoms. The Morgan fingerprint density at radius 3 is 3.05 bits per heavy atom. The van der Waals surface area contributed by atoms with Crippen molar-refractivity contribution >= 4 is 45.2 Å². The Labute approximate surface area is 134 Å². The Hall–Kier alpha value is -2.13. The number of imidazole rings is 1. The second kappa shape index (κ2) is 6.32. The molecule has 0 aliphatic rings. The quantitative estimate of drug-likeness (QED) is 0.696.